The number of nitrogens with one attached hydrogen (secondary N) is 1. The molecule has 6 nitrogen and oxygen atoms in total. The van der Waals surface area contributed by atoms with Gasteiger partial charge < -0.3 is 19.9 Å². The Morgan fingerprint density at radius 3 is 2.68 bits per heavy atom. The van der Waals surface area contributed by atoms with Crippen LogP contribution in [0.1, 0.15) is 17.5 Å². The second-order valence-corrected chi connectivity index (χ2v) is 9.18. The normalized spacial score (nSPS) is 15.0. The average Bonchev–Trinajstić information content (AvgIpc) is 2.84. The molecule has 1 fully saturated rings. The molecule has 0 atom stereocenters. The third-order valence-electron chi connectivity index (χ3n) is 6.03. The van der Waals surface area contributed by atoms with Crippen molar-refractivity contribution in [3.8, 4) is 11.8 Å². The molecule has 34 heavy (non-hydrogen) atoms. The number of aromatic nitrogens is 1. The predicted molar refractivity (Wildman–Crippen MR) is 140 cm³/mol. The van der Waals surface area contributed by atoms with Crippen LogP contribution in [0.4, 0.5) is 11.4 Å². The van der Waals surface area contributed by atoms with Gasteiger partial charge in [-0.3, -0.25) is 4.98 Å². The Labute approximate surface area is 210 Å². The number of ether oxygens (including phenoxy) is 1. The van der Waals surface area contributed by atoms with Crippen LogP contribution < -0.4 is 10.1 Å². The molecule has 2 aromatic carbocycles. The topological polar surface area (TPSA) is 64.4 Å². The summed E-state index contributed by atoms with van der Waals surface area (Å²) in [4.78, 5) is 9.38. The van der Waals surface area contributed by atoms with Gasteiger partial charge in [0.05, 0.1) is 39.6 Å². The van der Waals surface area contributed by atoms with Crippen molar-refractivity contribution in [2.45, 2.75) is 6.42 Å². The Morgan fingerprint density at radius 1 is 1.15 bits per heavy atom. The molecule has 1 aliphatic heterocycles. The van der Waals surface area contributed by atoms with E-state index in [0.29, 0.717) is 32.7 Å². The lowest BCUT2D eigenvalue weighted by Crippen LogP contribution is -2.44. The number of fused-ring (bicyclic) bond motifs is 1. The van der Waals surface area contributed by atoms with Crippen LogP contribution in [0.2, 0.25) is 10.0 Å². The van der Waals surface area contributed by atoms with Crippen molar-refractivity contribution in [1.29, 1.82) is 5.26 Å². The molecule has 0 aliphatic carbocycles. The fraction of sp³-hybridized carbons (Fsp3) is 0.308. The number of anilines is 2. The molecule has 1 saturated heterocycles. The third-order valence-corrected chi connectivity index (χ3v) is 6.64. The zero-order valence-electron chi connectivity index (χ0n) is 19.3. The van der Waals surface area contributed by atoms with Gasteiger partial charge in [0, 0.05) is 50.4 Å². The Hall–Kier alpha value is -2.82. The van der Waals surface area contributed by atoms with Gasteiger partial charge in [-0.15, -0.1) is 0 Å². The molecule has 0 radical (unpaired) electrons. The predicted octanol–water partition coefficient (Wildman–Crippen LogP) is 5.82. The molecule has 2 heterocycles. The first-order chi connectivity index (χ1) is 16.5. The van der Waals surface area contributed by atoms with Gasteiger partial charge in [0.25, 0.3) is 0 Å². The van der Waals surface area contributed by atoms with E-state index in [9.17, 15) is 5.26 Å². The number of nitriles is 1. The SMILES string of the molecule is COc1cc(Nc2c(C#N)cnc3cc(C=CCCN4CCN(C)CC4)ccc23)c(Cl)cc1Cl. The summed E-state index contributed by atoms with van der Waals surface area (Å²) in [6, 6.07) is 11.6. The largest absolute Gasteiger partial charge is 0.495 e. The fourth-order valence-electron chi connectivity index (χ4n) is 4.00. The second-order valence-electron chi connectivity index (χ2n) is 8.36. The van der Waals surface area contributed by atoms with E-state index in [-0.39, 0.29) is 0 Å². The molecule has 0 saturated carbocycles. The van der Waals surface area contributed by atoms with Crippen LogP contribution in [-0.4, -0.2) is 61.7 Å². The van der Waals surface area contributed by atoms with Crippen molar-refractivity contribution < 1.29 is 4.74 Å². The number of pyridine rings is 1. The maximum Gasteiger partial charge on any atom is 0.139 e. The minimum absolute atomic E-state index is 0.419. The molecule has 0 spiro atoms. The van der Waals surface area contributed by atoms with Gasteiger partial charge in [0.2, 0.25) is 0 Å². The lowest BCUT2D eigenvalue weighted by atomic mass is 10.1. The highest BCUT2D eigenvalue weighted by molar-refractivity contribution is 6.37. The Balaban J connectivity index is 1.54. The number of halogens is 2. The molecule has 4 rings (SSSR count). The second kappa shape index (κ2) is 11.1. The molecule has 0 amide bonds. The Morgan fingerprint density at radius 2 is 1.94 bits per heavy atom. The van der Waals surface area contributed by atoms with Crippen molar-refractivity contribution in [2.75, 3.05) is 52.2 Å². The van der Waals surface area contributed by atoms with Gasteiger partial charge in [-0.25, -0.2) is 0 Å². The van der Waals surface area contributed by atoms with Crippen LogP contribution in [-0.2, 0) is 0 Å². The highest BCUT2D eigenvalue weighted by atomic mass is 35.5. The van der Waals surface area contributed by atoms with Gasteiger partial charge in [0.1, 0.15) is 11.8 Å². The van der Waals surface area contributed by atoms with Crippen LogP contribution in [0.3, 0.4) is 0 Å². The van der Waals surface area contributed by atoms with E-state index in [2.05, 4.69) is 45.4 Å². The molecule has 1 N–H and O–H groups in total. The Bertz CT molecular complexity index is 1250. The number of hydrogen-bond donors (Lipinski definition) is 1. The highest BCUT2D eigenvalue weighted by Gasteiger charge is 2.14. The summed E-state index contributed by atoms with van der Waals surface area (Å²) in [5.41, 5.74) is 3.53. The number of hydrogen-bond acceptors (Lipinski definition) is 6. The van der Waals surface area contributed by atoms with Gasteiger partial charge in [0.15, 0.2) is 0 Å². The zero-order valence-corrected chi connectivity index (χ0v) is 20.8. The number of piperazine rings is 1. The molecule has 0 bridgehead atoms. The summed E-state index contributed by atoms with van der Waals surface area (Å²) in [6.07, 6.45) is 6.92. The van der Waals surface area contributed by atoms with E-state index in [1.54, 1.807) is 25.4 Å². The molecule has 1 aliphatic rings. The van der Waals surface area contributed by atoms with E-state index < -0.39 is 0 Å². The lowest BCUT2D eigenvalue weighted by Gasteiger charge is -2.32. The van der Waals surface area contributed by atoms with Gasteiger partial charge in [-0.05, 0) is 31.2 Å². The monoisotopic (exact) mass is 495 g/mol. The number of likely N-dealkylation sites (N-methyl/N-ethyl adjacent to an activating group) is 1. The lowest BCUT2D eigenvalue weighted by molar-refractivity contribution is 0.156. The maximum absolute atomic E-state index is 9.66. The van der Waals surface area contributed by atoms with Crippen molar-refractivity contribution in [3.05, 3.63) is 63.8 Å². The van der Waals surface area contributed by atoms with E-state index in [1.807, 2.05) is 18.2 Å². The fourth-order valence-corrected chi connectivity index (χ4v) is 4.51. The van der Waals surface area contributed by atoms with E-state index in [1.165, 1.54) is 0 Å². The number of methoxy groups -OCH3 is 1. The Kier molecular flexibility index (Phi) is 7.91. The summed E-state index contributed by atoms with van der Waals surface area (Å²) in [5.74, 6) is 0.495. The first kappa shape index (κ1) is 24.3. The highest BCUT2D eigenvalue weighted by Crippen LogP contribution is 2.37. The summed E-state index contributed by atoms with van der Waals surface area (Å²) in [6.45, 7) is 5.60. The number of benzene rings is 2. The quantitative estimate of drug-likeness (QED) is 0.445. The summed E-state index contributed by atoms with van der Waals surface area (Å²) >= 11 is 12.6. The standard InChI is InChI=1S/C26H27Cl2N5O/c1-32-9-11-33(12-10-32)8-4-3-5-18-6-7-20-23(13-18)30-17-19(16-29)26(20)31-24-15-25(34-2)22(28)14-21(24)27/h3,5-7,13-15,17H,4,8-12H2,1-2H3,(H,30,31). The van der Waals surface area contributed by atoms with Crippen molar-refractivity contribution in [3.63, 3.8) is 0 Å². The molecular weight excluding hydrogens is 469 g/mol. The van der Waals surface area contributed by atoms with Crippen LogP contribution in [0, 0.1) is 11.3 Å². The van der Waals surface area contributed by atoms with E-state index in [0.717, 1.165) is 55.6 Å². The molecule has 176 valence electrons. The first-order valence-corrected chi connectivity index (χ1v) is 11.9. The third kappa shape index (κ3) is 5.63. The minimum Gasteiger partial charge on any atom is -0.495 e. The van der Waals surface area contributed by atoms with Crippen molar-refractivity contribution >= 4 is 51.6 Å². The average molecular weight is 496 g/mol. The molecule has 0 unspecified atom stereocenters. The van der Waals surface area contributed by atoms with Crippen molar-refractivity contribution in [2.24, 2.45) is 0 Å². The summed E-state index contributed by atoms with van der Waals surface area (Å²) in [5, 5.41) is 14.6. The first-order valence-electron chi connectivity index (χ1n) is 11.2. The molecule has 8 heteroatoms. The molecular formula is C26H27Cl2N5O. The molecule has 3 aromatic rings. The van der Waals surface area contributed by atoms with Gasteiger partial charge in [-0.1, -0.05) is 47.5 Å². The van der Waals surface area contributed by atoms with E-state index in [4.69, 9.17) is 27.9 Å². The number of rotatable bonds is 7. The maximum atomic E-state index is 9.66. The van der Waals surface area contributed by atoms with E-state index >= 15 is 0 Å². The van der Waals surface area contributed by atoms with Gasteiger partial charge in [-0.2, -0.15) is 5.26 Å². The van der Waals surface area contributed by atoms with Gasteiger partial charge >= 0.3 is 0 Å². The molecule has 1 aromatic heterocycles. The number of nitrogens with zero attached hydrogens (tertiary/aromatic N) is 4. The van der Waals surface area contributed by atoms with Crippen LogP contribution in [0.25, 0.3) is 17.0 Å². The van der Waals surface area contributed by atoms with Crippen LogP contribution in [0.5, 0.6) is 5.75 Å². The van der Waals surface area contributed by atoms with Crippen molar-refractivity contribution in [1.82, 2.24) is 14.8 Å². The summed E-state index contributed by atoms with van der Waals surface area (Å²) < 4.78 is 5.31. The minimum atomic E-state index is 0.419. The van der Waals surface area contributed by atoms with Crippen LogP contribution >= 0.6 is 23.2 Å². The van der Waals surface area contributed by atoms with Crippen LogP contribution in [0.15, 0.2) is 42.6 Å². The smallest absolute Gasteiger partial charge is 0.139 e. The summed E-state index contributed by atoms with van der Waals surface area (Å²) in [7, 11) is 3.72. The zero-order chi connectivity index (χ0) is 24.1.